The highest BCUT2D eigenvalue weighted by Crippen LogP contribution is 2.32. The normalized spacial score (nSPS) is 17.0. The molecule has 0 bridgehead atoms. The van der Waals surface area contributed by atoms with Crippen molar-refractivity contribution in [3.8, 4) is 5.75 Å². The molecule has 1 unspecified atom stereocenters. The highest BCUT2D eigenvalue weighted by atomic mass is 16.5. The van der Waals surface area contributed by atoms with E-state index in [0.717, 1.165) is 30.1 Å². The third kappa shape index (κ3) is 3.93. The van der Waals surface area contributed by atoms with Crippen molar-refractivity contribution in [1.29, 1.82) is 0 Å². The number of carbonyl (C=O) groups excluding carboxylic acids is 1. The highest BCUT2D eigenvalue weighted by molar-refractivity contribution is 6.06. The Morgan fingerprint density at radius 3 is 2.65 bits per heavy atom. The number of amides is 1. The molecule has 1 amide bonds. The third-order valence-corrected chi connectivity index (χ3v) is 4.97. The van der Waals surface area contributed by atoms with Crippen molar-refractivity contribution in [3.63, 3.8) is 0 Å². The molecule has 1 aliphatic heterocycles. The smallest absolute Gasteiger partial charge is 0.255 e. The minimum atomic E-state index is -0.179. The van der Waals surface area contributed by atoms with Gasteiger partial charge in [0.15, 0.2) is 0 Å². The average Bonchev–Trinajstić information content (AvgIpc) is 2.64. The summed E-state index contributed by atoms with van der Waals surface area (Å²) in [5, 5.41) is 2.95. The molecule has 2 aromatic carbocycles. The Balaban J connectivity index is 1.82. The maximum atomic E-state index is 12.6. The van der Waals surface area contributed by atoms with E-state index in [-0.39, 0.29) is 5.91 Å². The summed E-state index contributed by atoms with van der Waals surface area (Å²) in [5.74, 6) is 1.22. The van der Waals surface area contributed by atoms with Gasteiger partial charge in [-0.2, -0.15) is 0 Å². The number of benzene rings is 2. The molecule has 1 saturated heterocycles. The Morgan fingerprint density at radius 2 is 2.00 bits per heavy atom. The first kappa shape index (κ1) is 18.1. The highest BCUT2D eigenvalue weighted by Gasteiger charge is 2.19. The summed E-state index contributed by atoms with van der Waals surface area (Å²) < 4.78 is 5.13. The van der Waals surface area contributed by atoms with Crippen LogP contribution in [0.4, 0.5) is 17.1 Å². The van der Waals surface area contributed by atoms with E-state index in [0.29, 0.717) is 22.9 Å². The van der Waals surface area contributed by atoms with E-state index in [1.807, 2.05) is 12.1 Å². The number of nitrogens with two attached hydrogens (primary N) is 1. The van der Waals surface area contributed by atoms with Gasteiger partial charge in [0.1, 0.15) is 5.75 Å². The zero-order chi connectivity index (χ0) is 18.7. The van der Waals surface area contributed by atoms with E-state index >= 15 is 0 Å². The molecule has 138 valence electrons. The van der Waals surface area contributed by atoms with Gasteiger partial charge in [-0.3, -0.25) is 4.79 Å². The average molecular weight is 353 g/mol. The van der Waals surface area contributed by atoms with Crippen LogP contribution in [0, 0.1) is 12.8 Å². The summed E-state index contributed by atoms with van der Waals surface area (Å²) >= 11 is 0. The first-order valence-electron chi connectivity index (χ1n) is 9.08. The summed E-state index contributed by atoms with van der Waals surface area (Å²) in [7, 11) is 1.60. The molecule has 0 radical (unpaired) electrons. The number of nitrogens with one attached hydrogen (secondary N) is 1. The topological polar surface area (TPSA) is 67.6 Å². The number of hydrogen-bond donors (Lipinski definition) is 2. The van der Waals surface area contributed by atoms with Crippen molar-refractivity contribution in [3.05, 3.63) is 47.5 Å². The maximum absolute atomic E-state index is 12.6. The number of hydrogen-bond acceptors (Lipinski definition) is 4. The fourth-order valence-electron chi connectivity index (χ4n) is 3.51. The molecular formula is C21H27N3O2. The van der Waals surface area contributed by atoms with E-state index in [9.17, 15) is 4.79 Å². The molecule has 2 aromatic rings. The standard InChI is InChI=1S/C21H27N3O2/c1-14-5-4-10-24(13-14)20-12-19(18(22)11-15(20)2)23-21(25)16-6-8-17(26-3)9-7-16/h6-9,11-12,14H,4-5,10,13,22H2,1-3H3,(H,23,25). The Labute approximate surface area is 155 Å². The first-order valence-corrected chi connectivity index (χ1v) is 9.08. The van der Waals surface area contributed by atoms with Gasteiger partial charge in [0.05, 0.1) is 18.5 Å². The molecule has 1 heterocycles. The summed E-state index contributed by atoms with van der Waals surface area (Å²) in [6.45, 7) is 6.43. The molecule has 0 saturated carbocycles. The van der Waals surface area contributed by atoms with Crippen LogP contribution >= 0.6 is 0 Å². The third-order valence-electron chi connectivity index (χ3n) is 4.97. The minimum absolute atomic E-state index is 0.179. The van der Waals surface area contributed by atoms with Gasteiger partial charge in [0.25, 0.3) is 5.91 Å². The Kier molecular flexibility index (Phi) is 5.35. The van der Waals surface area contributed by atoms with Crippen LogP contribution in [0.5, 0.6) is 5.75 Å². The Bertz CT molecular complexity index is 787. The Hall–Kier alpha value is -2.69. The van der Waals surface area contributed by atoms with Crippen LogP contribution in [0.1, 0.15) is 35.7 Å². The number of nitrogen functional groups attached to an aromatic ring is 1. The van der Waals surface area contributed by atoms with Crippen molar-refractivity contribution < 1.29 is 9.53 Å². The molecule has 5 nitrogen and oxygen atoms in total. The number of rotatable bonds is 4. The first-order chi connectivity index (χ1) is 12.5. The summed E-state index contributed by atoms with van der Waals surface area (Å²) in [6, 6.07) is 11.0. The van der Waals surface area contributed by atoms with E-state index in [2.05, 4.69) is 24.1 Å². The second-order valence-electron chi connectivity index (χ2n) is 7.10. The lowest BCUT2D eigenvalue weighted by Crippen LogP contribution is -2.34. The molecule has 0 aromatic heterocycles. The zero-order valence-electron chi connectivity index (χ0n) is 15.7. The molecule has 3 rings (SSSR count). The minimum Gasteiger partial charge on any atom is -0.497 e. The van der Waals surface area contributed by atoms with Gasteiger partial charge in [-0.15, -0.1) is 0 Å². The van der Waals surface area contributed by atoms with Gasteiger partial charge in [0, 0.05) is 24.3 Å². The number of methoxy groups -OCH3 is 1. The predicted molar refractivity (Wildman–Crippen MR) is 107 cm³/mol. The van der Waals surface area contributed by atoms with Crippen LogP contribution in [0.15, 0.2) is 36.4 Å². The molecule has 26 heavy (non-hydrogen) atoms. The van der Waals surface area contributed by atoms with Gasteiger partial charge in [0.2, 0.25) is 0 Å². The molecular weight excluding hydrogens is 326 g/mol. The van der Waals surface area contributed by atoms with E-state index in [1.54, 1.807) is 31.4 Å². The second-order valence-corrected chi connectivity index (χ2v) is 7.10. The van der Waals surface area contributed by atoms with Crippen molar-refractivity contribution >= 4 is 23.0 Å². The SMILES string of the molecule is COc1ccc(C(=O)Nc2cc(N3CCCC(C)C3)c(C)cc2N)cc1. The van der Waals surface area contributed by atoms with E-state index in [1.165, 1.54) is 12.8 Å². The molecule has 0 spiro atoms. The zero-order valence-corrected chi connectivity index (χ0v) is 15.7. The lowest BCUT2D eigenvalue weighted by Gasteiger charge is -2.34. The summed E-state index contributed by atoms with van der Waals surface area (Å²) in [4.78, 5) is 15.0. The van der Waals surface area contributed by atoms with Crippen molar-refractivity contribution in [2.45, 2.75) is 26.7 Å². The number of aryl methyl sites for hydroxylation is 1. The lowest BCUT2D eigenvalue weighted by molar-refractivity contribution is 0.102. The van der Waals surface area contributed by atoms with Crippen molar-refractivity contribution in [1.82, 2.24) is 0 Å². The number of carbonyl (C=O) groups is 1. The number of nitrogens with zero attached hydrogens (tertiary/aromatic N) is 1. The van der Waals surface area contributed by atoms with E-state index < -0.39 is 0 Å². The largest absolute Gasteiger partial charge is 0.497 e. The fourth-order valence-corrected chi connectivity index (χ4v) is 3.51. The fraction of sp³-hybridized carbons (Fsp3) is 0.381. The van der Waals surface area contributed by atoms with Gasteiger partial charge in [-0.1, -0.05) is 6.92 Å². The van der Waals surface area contributed by atoms with Crippen LogP contribution in [0.3, 0.4) is 0 Å². The van der Waals surface area contributed by atoms with E-state index in [4.69, 9.17) is 10.5 Å². The number of anilines is 3. The Morgan fingerprint density at radius 1 is 1.27 bits per heavy atom. The number of piperidine rings is 1. The van der Waals surface area contributed by atoms with Crippen LogP contribution in [-0.2, 0) is 0 Å². The number of ether oxygens (including phenoxy) is 1. The monoisotopic (exact) mass is 353 g/mol. The lowest BCUT2D eigenvalue weighted by atomic mass is 9.98. The van der Waals surface area contributed by atoms with Gasteiger partial charge in [-0.05, 0) is 67.6 Å². The van der Waals surface area contributed by atoms with Gasteiger partial charge in [-0.25, -0.2) is 0 Å². The summed E-state index contributed by atoms with van der Waals surface area (Å²) in [6.07, 6.45) is 2.46. The van der Waals surface area contributed by atoms with Crippen LogP contribution in [-0.4, -0.2) is 26.1 Å². The molecule has 1 aliphatic rings. The van der Waals surface area contributed by atoms with Gasteiger partial charge < -0.3 is 20.7 Å². The second kappa shape index (κ2) is 7.68. The summed E-state index contributed by atoms with van der Waals surface area (Å²) in [5.41, 5.74) is 10.3. The molecule has 1 atom stereocenters. The predicted octanol–water partition coefficient (Wildman–Crippen LogP) is 4.07. The van der Waals surface area contributed by atoms with Crippen molar-refractivity contribution in [2.24, 2.45) is 5.92 Å². The maximum Gasteiger partial charge on any atom is 0.255 e. The molecule has 0 aliphatic carbocycles. The van der Waals surface area contributed by atoms with Crippen LogP contribution in [0.2, 0.25) is 0 Å². The van der Waals surface area contributed by atoms with Crippen LogP contribution < -0.4 is 20.7 Å². The molecule has 3 N–H and O–H groups in total. The van der Waals surface area contributed by atoms with Gasteiger partial charge >= 0.3 is 0 Å². The quantitative estimate of drug-likeness (QED) is 0.813. The molecule has 1 fully saturated rings. The molecule has 5 heteroatoms. The van der Waals surface area contributed by atoms with Crippen molar-refractivity contribution in [2.75, 3.05) is 36.1 Å². The van der Waals surface area contributed by atoms with Crippen LogP contribution in [0.25, 0.3) is 0 Å².